The molecule has 24 heavy (non-hydrogen) atoms. The summed E-state index contributed by atoms with van der Waals surface area (Å²) in [6.07, 6.45) is 0. The van der Waals surface area contributed by atoms with Gasteiger partial charge in [0, 0.05) is 22.9 Å². The third kappa shape index (κ3) is 3.42. The highest BCUT2D eigenvalue weighted by Gasteiger charge is 2.31. The van der Waals surface area contributed by atoms with Crippen molar-refractivity contribution in [1.82, 2.24) is 14.9 Å². The smallest absolute Gasteiger partial charge is 0.255 e. The zero-order chi connectivity index (χ0) is 17.3. The summed E-state index contributed by atoms with van der Waals surface area (Å²) in [7, 11) is 0. The van der Waals surface area contributed by atoms with Crippen molar-refractivity contribution >= 4 is 17.2 Å². The molecule has 1 atom stereocenters. The lowest BCUT2D eigenvalue weighted by Crippen LogP contribution is -2.44. The van der Waals surface area contributed by atoms with Crippen LogP contribution in [-0.2, 0) is 4.74 Å². The van der Waals surface area contributed by atoms with Gasteiger partial charge in [-0.25, -0.2) is 4.98 Å². The summed E-state index contributed by atoms with van der Waals surface area (Å²) >= 11 is 1.60. The van der Waals surface area contributed by atoms with Gasteiger partial charge in [-0.1, -0.05) is 13.8 Å². The van der Waals surface area contributed by atoms with Gasteiger partial charge in [0.15, 0.2) is 0 Å². The SMILES string of the molecule is Cc1nc(C2COCCN2C(=O)c2csc(C(C)C)c2)cc(=O)[nH]1. The average Bonchev–Trinajstić information content (AvgIpc) is 3.03. The van der Waals surface area contributed by atoms with Gasteiger partial charge < -0.3 is 14.6 Å². The molecule has 0 radical (unpaired) electrons. The molecule has 1 amide bonds. The molecule has 128 valence electrons. The number of amides is 1. The van der Waals surface area contributed by atoms with Crippen LogP contribution in [0.1, 0.15) is 52.6 Å². The van der Waals surface area contributed by atoms with Crippen molar-refractivity contribution in [2.24, 2.45) is 0 Å². The zero-order valence-electron chi connectivity index (χ0n) is 14.0. The van der Waals surface area contributed by atoms with Crippen molar-refractivity contribution in [3.63, 3.8) is 0 Å². The Morgan fingerprint density at radius 1 is 1.46 bits per heavy atom. The lowest BCUT2D eigenvalue weighted by molar-refractivity contribution is -0.00398. The normalized spacial score (nSPS) is 18.2. The van der Waals surface area contributed by atoms with Crippen molar-refractivity contribution in [3.05, 3.63) is 49.8 Å². The highest BCUT2D eigenvalue weighted by atomic mass is 32.1. The third-order valence-electron chi connectivity index (χ3n) is 4.05. The third-order valence-corrected chi connectivity index (χ3v) is 5.28. The Morgan fingerprint density at radius 2 is 2.25 bits per heavy atom. The molecule has 1 aliphatic heterocycles. The van der Waals surface area contributed by atoms with E-state index >= 15 is 0 Å². The average molecular weight is 347 g/mol. The topological polar surface area (TPSA) is 75.3 Å². The Hall–Kier alpha value is -1.99. The van der Waals surface area contributed by atoms with E-state index in [4.69, 9.17) is 4.74 Å². The van der Waals surface area contributed by atoms with E-state index in [-0.39, 0.29) is 17.5 Å². The lowest BCUT2D eigenvalue weighted by atomic mass is 10.1. The fraction of sp³-hybridized carbons (Fsp3) is 0.471. The number of ether oxygens (including phenoxy) is 1. The second-order valence-electron chi connectivity index (χ2n) is 6.24. The van der Waals surface area contributed by atoms with E-state index in [1.54, 1.807) is 23.2 Å². The summed E-state index contributed by atoms with van der Waals surface area (Å²) < 4.78 is 5.53. The molecule has 3 rings (SSSR count). The number of hydrogen-bond donors (Lipinski definition) is 1. The molecular weight excluding hydrogens is 326 g/mol. The quantitative estimate of drug-likeness (QED) is 0.925. The molecule has 2 aromatic rings. The minimum Gasteiger partial charge on any atom is -0.377 e. The number of morpholine rings is 1. The van der Waals surface area contributed by atoms with E-state index in [1.807, 2.05) is 11.4 Å². The van der Waals surface area contributed by atoms with Gasteiger partial charge in [0.05, 0.1) is 30.5 Å². The first-order chi connectivity index (χ1) is 11.5. The van der Waals surface area contributed by atoms with Gasteiger partial charge in [0.2, 0.25) is 0 Å². The largest absolute Gasteiger partial charge is 0.377 e. The first-order valence-electron chi connectivity index (χ1n) is 8.00. The Morgan fingerprint density at radius 3 is 2.92 bits per heavy atom. The van der Waals surface area contributed by atoms with Gasteiger partial charge in [0.1, 0.15) is 5.82 Å². The van der Waals surface area contributed by atoms with Crippen LogP contribution in [0.15, 0.2) is 22.3 Å². The van der Waals surface area contributed by atoms with Gasteiger partial charge in [-0.2, -0.15) is 0 Å². The number of nitrogens with one attached hydrogen (secondary N) is 1. The van der Waals surface area contributed by atoms with Crippen molar-refractivity contribution in [2.45, 2.75) is 32.7 Å². The molecule has 1 unspecified atom stereocenters. The molecular formula is C17H21N3O3S. The molecule has 6 nitrogen and oxygen atoms in total. The van der Waals surface area contributed by atoms with Crippen LogP contribution in [0, 0.1) is 6.92 Å². The van der Waals surface area contributed by atoms with Crippen molar-refractivity contribution in [3.8, 4) is 0 Å². The highest BCUT2D eigenvalue weighted by Crippen LogP contribution is 2.28. The summed E-state index contributed by atoms with van der Waals surface area (Å²) in [5, 5.41) is 1.90. The van der Waals surface area contributed by atoms with Crippen LogP contribution >= 0.6 is 11.3 Å². The van der Waals surface area contributed by atoms with Gasteiger partial charge in [-0.15, -0.1) is 11.3 Å². The van der Waals surface area contributed by atoms with Gasteiger partial charge >= 0.3 is 0 Å². The summed E-state index contributed by atoms with van der Waals surface area (Å²) in [5.41, 5.74) is 1.05. The summed E-state index contributed by atoms with van der Waals surface area (Å²) in [6, 6.07) is 3.06. The van der Waals surface area contributed by atoms with Crippen LogP contribution in [-0.4, -0.2) is 40.5 Å². The van der Waals surface area contributed by atoms with Gasteiger partial charge in [-0.05, 0) is 18.9 Å². The number of thiophene rings is 1. The second-order valence-corrected chi connectivity index (χ2v) is 7.18. The monoisotopic (exact) mass is 347 g/mol. The first-order valence-corrected chi connectivity index (χ1v) is 8.88. The number of hydrogen-bond acceptors (Lipinski definition) is 5. The zero-order valence-corrected chi connectivity index (χ0v) is 14.9. The molecule has 0 saturated carbocycles. The first kappa shape index (κ1) is 16.9. The van der Waals surface area contributed by atoms with Crippen molar-refractivity contribution < 1.29 is 9.53 Å². The van der Waals surface area contributed by atoms with Crippen LogP contribution in [0.5, 0.6) is 0 Å². The van der Waals surface area contributed by atoms with Crippen molar-refractivity contribution in [2.75, 3.05) is 19.8 Å². The maximum Gasteiger partial charge on any atom is 0.255 e. The molecule has 1 N–H and O–H groups in total. The van der Waals surface area contributed by atoms with E-state index < -0.39 is 0 Å². The summed E-state index contributed by atoms with van der Waals surface area (Å²) in [5.74, 6) is 0.897. The van der Waals surface area contributed by atoms with Crippen LogP contribution in [0.4, 0.5) is 0 Å². The minimum absolute atomic E-state index is 0.0359. The Labute approximate surface area is 144 Å². The Balaban J connectivity index is 1.91. The maximum atomic E-state index is 13.0. The number of nitrogens with zero attached hydrogens (tertiary/aromatic N) is 2. The second kappa shape index (κ2) is 6.86. The van der Waals surface area contributed by atoms with E-state index in [0.29, 0.717) is 42.8 Å². The maximum absolute atomic E-state index is 13.0. The summed E-state index contributed by atoms with van der Waals surface area (Å²) in [4.78, 5) is 34.7. The molecule has 1 fully saturated rings. The van der Waals surface area contributed by atoms with Gasteiger partial charge in [-0.3, -0.25) is 9.59 Å². The van der Waals surface area contributed by atoms with Crippen LogP contribution < -0.4 is 5.56 Å². The molecule has 2 aromatic heterocycles. The fourth-order valence-corrected chi connectivity index (χ4v) is 3.70. The highest BCUT2D eigenvalue weighted by molar-refractivity contribution is 7.10. The standard InChI is InChI=1S/C17H21N3O3S/c1-10(2)15-6-12(9-24-15)17(22)20-4-5-23-8-14(20)13-7-16(21)19-11(3)18-13/h6-7,9-10,14H,4-5,8H2,1-3H3,(H,18,19,21). The molecule has 1 aliphatic rings. The fourth-order valence-electron chi connectivity index (χ4n) is 2.80. The molecule has 0 aliphatic carbocycles. The van der Waals surface area contributed by atoms with Crippen LogP contribution in [0.25, 0.3) is 0 Å². The van der Waals surface area contributed by atoms with Crippen LogP contribution in [0.3, 0.4) is 0 Å². The number of carbonyl (C=O) groups excluding carboxylic acids is 1. The predicted octanol–water partition coefficient (Wildman–Crippen LogP) is 2.48. The number of aryl methyl sites for hydroxylation is 1. The predicted molar refractivity (Wildman–Crippen MR) is 92.6 cm³/mol. The molecule has 3 heterocycles. The number of H-pyrrole nitrogens is 1. The molecule has 0 spiro atoms. The van der Waals surface area contributed by atoms with E-state index in [0.717, 1.165) is 0 Å². The minimum atomic E-state index is -0.338. The number of rotatable bonds is 3. The molecule has 0 aromatic carbocycles. The number of carbonyl (C=O) groups is 1. The lowest BCUT2D eigenvalue weighted by Gasteiger charge is -2.35. The van der Waals surface area contributed by atoms with E-state index in [9.17, 15) is 9.59 Å². The summed E-state index contributed by atoms with van der Waals surface area (Å²) in [6.45, 7) is 7.29. The van der Waals surface area contributed by atoms with E-state index in [2.05, 4.69) is 23.8 Å². The number of aromatic amines is 1. The molecule has 1 saturated heterocycles. The van der Waals surface area contributed by atoms with E-state index in [1.165, 1.54) is 10.9 Å². The van der Waals surface area contributed by atoms with Crippen molar-refractivity contribution in [1.29, 1.82) is 0 Å². The number of aromatic nitrogens is 2. The molecule has 0 bridgehead atoms. The van der Waals surface area contributed by atoms with Crippen LogP contribution in [0.2, 0.25) is 0 Å². The molecule has 7 heteroatoms. The Kier molecular flexibility index (Phi) is 4.82. The van der Waals surface area contributed by atoms with Gasteiger partial charge in [0.25, 0.3) is 11.5 Å². The Bertz CT molecular complexity index is 796.